The van der Waals surface area contributed by atoms with Crippen LogP contribution < -0.4 is 10.6 Å². The Bertz CT molecular complexity index is 472. The third-order valence-electron chi connectivity index (χ3n) is 4.03. The lowest BCUT2D eigenvalue weighted by molar-refractivity contribution is 0.0919. The molecular formula is C15H22ClN3O. The van der Waals surface area contributed by atoms with Crippen LogP contribution in [0.4, 0.5) is 5.82 Å². The van der Waals surface area contributed by atoms with Crippen LogP contribution in [0.15, 0.2) is 12.1 Å². The summed E-state index contributed by atoms with van der Waals surface area (Å²) < 4.78 is 0. The van der Waals surface area contributed by atoms with Crippen LogP contribution >= 0.6 is 11.6 Å². The third kappa shape index (κ3) is 3.85. The second-order valence-corrected chi connectivity index (χ2v) is 5.86. The maximum absolute atomic E-state index is 12.3. The number of nitrogens with zero attached hydrogens (tertiary/aromatic N) is 1. The number of halogens is 1. The van der Waals surface area contributed by atoms with E-state index in [1.54, 1.807) is 19.2 Å². The highest BCUT2D eigenvalue weighted by molar-refractivity contribution is 6.29. The monoisotopic (exact) mass is 295 g/mol. The van der Waals surface area contributed by atoms with E-state index < -0.39 is 0 Å². The first-order valence-corrected chi connectivity index (χ1v) is 7.64. The topological polar surface area (TPSA) is 54.0 Å². The lowest BCUT2D eigenvalue weighted by Crippen LogP contribution is -2.38. The van der Waals surface area contributed by atoms with E-state index in [2.05, 4.69) is 22.5 Å². The number of pyridine rings is 1. The van der Waals surface area contributed by atoms with E-state index >= 15 is 0 Å². The average Bonchev–Trinajstić information content (AvgIpc) is 2.47. The molecule has 1 aromatic rings. The number of carbonyl (C=O) groups excluding carboxylic acids is 1. The molecule has 4 nitrogen and oxygen atoms in total. The Hall–Kier alpha value is -1.29. The molecule has 1 amide bonds. The minimum absolute atomic E-state index is 0.0797. The molecule has 0 radical (unpaired) electrons. The first-order valence-electron chi connectivity index (χ1n) is 7.26. The van der Waals surface area contributed by atoms with Gasteiger partial charge in [0.2, 0.25) is 0 Å². The van der Waals surface area contributed by atoms with Crippen molar-refractivity contribution in [1.29, 1.82) is 0 Å². The van der Waals surface area contributed by atoms with Crippen molar-refractivity contribution in [3.8, 4) is 0 Å². The number of hydrogen-bond donors (Lipinski definition) is 2. The van der Waals surface area contributed by atoms with Crippen molar-refractivity contribution in [2.45, 2.75) is 45.1 Å². The summed E-state index contributed by atoms with van der Waals surface area (Å²) in [6.45, 7) is 2.09. The number of nitrogens with one attached hydrogen (secondary N) is 2. The number of hydrogen-bond acceptors (Lipinski definition) is 3. The fraction of sp³-hybridized carbons (Fsp3) is 0.600. The molecule has 20 heavy (non-hydrogen) atoms. The third-order valence-corrected chi connectivity index (χ3v) is 4.22. The molecule has 2 N–H and O–H groups in total. The van der Waals surface area contributed by atoms with Crippen LogP contribution in [0.3, 0.4) is 0 Å². The number of carbonyl (C=O) groups is 1. The first-order chi connectivity index (χ1) is 9.60. The van der Waals surface area contributed by atoms with E-state index in [4.69, 9.17) is 11.6 Å². The van der Waals surface area contributed by atoms with Crippen molar-refractivity contribution >= 4 is 23.3 Å². The Kier molecular flexibility index (Phi) is 5.24. The zero-order chi connectivity index (χ0) is 14.5. The fourth-order valence-corrected chi connectivity index (χ4v) is 3.01. The lowest BCUT2D eigenvalue weighted by Gasteiger charge is -2.28. The Morgan fingerprint density at radius 3 is 2.70 bits per heavy atom. The minimum atomic E-state index is -0.0797. The molecule has 5 heteroatoms. The largest absolute Gasteiger partial charge is 0.373 e. The summed E-state index contributed by atoms with van der Waals surface area (Å²) in [4.78, 5) is 16.4. The van der Waals surface area contributed by atoms with Crippen LogP contribution in [0, 0.1) is 5.92 Å². The molecule has 1 aliphatic carbocycles. The molecule has 0 aromatic carbocycles. The van der Waals surface area contributed by atoms with Gasteiger partial charge in [-0.25, -0.2) is 4.98 Å². The van der Waals surface area contributed by atoms with Gasteiger partial charge in [-0.1, -0.05) is 30.9 Å². The van der Waals surface area contributed by atoms with E-state index in [-0.39, 0.29) is 11.9 Å². The molecule has 1 fully saturated rings. The van der Waals surface area contributed by atoms with Gasteiger partial charge in [0.25, 0.3) is 5.91 Å². The van der Waals surface area contributed by atoms with Crippen LogP contribution in [0.25, 0.3) is 0 Å². The van der Waals surface area contributed by atoms with Crippen LogP contribution in [-0.2, 0) is 0 Å². The van der Waals surface area contributed by atoms with Gasteiger partial charge in [-0.15, -0.1) is 0 Å². The van der Waals surface area contributed by atoms with E-state index in [1.807, 2.05) is 0 Å². The van der Waals surface area contributed by atoms with Gasteiger partial charge in [-0.3, -0.25) is 4.79 Å². The molecule has 1 heterocycles. The number of aromatic nitrogens is 1. The summed E-state index contributed by atoms with van der Waals surface area (Å²) in [6.07, 6.45) is 6.29. The van der Waals surface area contributed by atoms with Gasteiger partial charge in [0, 0.05) is 18.7 Å². The molecule has 0 aliphatic heterocycles. The Balaban J connectivity index is 2.01. The summed E-state index contributed by atoms with van der Waals surface area (Å²) in [5, 5.41) is 6.32. The van der Waals surface area contributed by atoms with Gasteiger partial charge in [0.1, 0.15) is 11.0 Å². The predicted molar refractivity (Wildman–Crippen MR) is 82.3 cm³/mol. The predicted octanol–water partition coefficient (Wildman–Crippen LogP) is 3.48. The van der Waals surface area contributed by atoms with Gasteiger partial charge in [-0.2, -0.15) is 0 Å². The van der Waals surface area contributed by atoms with E-state index in [0.717, 1.165) is 0 Å². The summed E-state index contributed by atoms with van der Waals surface area (Å²) in [5.41, 5.74) is 0.553. The highest BCUT2D eigenvalue weighted by atomic mass is 35.5. The minimum Gasteiger partial charge on any atom is -0.373 e. The highest BCUT2D eigenvalue weighted by Gasteiger charge is 2.22. The molecule has 2 rings (SSSR count). The first kappa shape index (κ1) is 15.1. The van der Waals surface area contributed by atoms with E-state index in [9.17, 15) is 4.79 Å². The quantitative estimate of drug-likeness (QED) is 0.836. The summed E-state index contributed by atoms with van der Waals surface area (Å²) in [5.74, 6) is 1.12. The van der Waals surface area contributed by atoms with Crippen molar-refractivity contribution in [3.05, 3.63) is 22.8 Å². The maximum atomic E-state index is 12.3. The molecule has 1 aliphatic rings. The zero-order valence-electron chi connectivity index (χ0n) is 12.1. The molecule has 0 saturated heterocycles. The molecule has 0 spiro atoms. The Morgan fingerprint density at radius 1 is 1.35 bits per heavy atom. The van der Waals surface area contributed by atoms with Crippen molar-refractivity contribution in [1.82, 2.24) is 10.3 Å². The molecule has 1 unspecified atom stereocenters. The normalized spacial score (nSPS) is 17.6. The highest BCUT2D eigenvalue weighted by Crippen LogP contribution is 2.26. The van der Waals surface area contributed by atoms with Crippen molar-refractivity contribution < 1.29 is 4.79 Å². The van der Waals surface area contributed by atoms with Gasteiger partial charge in [-0.05, 0) is 37.8 Å². The molecule has 1 aromatic heterocycles. The van der Waals surface area contributed by atoms with Crippen LogP contribution in [0.2, 0.25) is 5.15 Å². The SMILES string of the molecule is CNc1cc(C(=O)NC(C)C2CCCCC2)cc(Cl)n1. The van der Waals surface area contributed by atoms with Crippen molar-refractivity contribution in [3.63, 3.8) is 0 Å². The second kappa shape index (κ2) is 6.93. The Labute approximate surface area is 125 Å². The number of amides is 1. The number of rotatable bonds is 4. The van der Waals surface area contributed by atoms with Crippen LogP contribution in [0.1, 0.15) is 49.4 Å². The van der Waals surface area contributed by atoms with E-state index in [0.29, 0.717) is 22.5 Å². The smallest absolute Gasteiger partial charge is 0.251 e. The summed E-state index contributed by atoms with van der Waals surface area (Å²) in [6, 6.07) is 3.52. The van der Waals surface area contributed by atoms with Gasteiger partial charge >= 0.3 is 0 Å². The van der Waals surface area contributed by atoms with Crippen molar-refractivity contribution in [2.75, 3.05) is 12.4 Å². The molecule has 110 valence electrons. The van der Waals surface area contributed by atoms with Crippen molar-refractivity contribution in [2.24, 2.45) is 5.92 Å². The molecule has 1 saturated carbocycles. The zero-order valence-corrected chi connectivity index (χ0v) is 12.8. The second-order valence-electron chi connectivity index (χ2n) is 5.47. The molecular weight excluding hydrogens is 274 g/mol. The standard InChI is InChI=1S/C15H22ClN3O/c1-10(11-6-4-3-5-7-11)18-15(20)12-8-13(16)19-14(9-12)17-2/h8-11H,3-7H2,1-2H3,(H,17,19)(H,18,20). The average molecular weight is 296 g/mol. The summed E-state index contributed by atoms with van der Waals surface area (Å²) in [7, 11) is 1.75. The van der Waals surface area contributed by atoms with Crippen LogP contribution in [0.5, 0.6) is 0 Å². The summed E-state index contributed by atoms with van der Waals surface area (Å²) >= 11 is 5.93. The van der Waals surface area contributed by atoms with Gasteiger partial charge < -0.3 is 10.6 Å². The van der Waals surface area contributed by atoms with Gasteiger partial charge in [0.15, 0.2) is 0 Å². The molecule has 1 atom stereocenters. The lowest BCUT2D eigenvalue weighted by atomic mass is 9.84. The number of anilines is 1. The fourth-order valence-electron chi connectivity index (χ4n) is 2.80. The van der Waals surface area contributed by atoms with Crippen LogP contribution in [-0.4, -0.2) is 24.0 Å². The van der Waals surface area contributed by atoms with Gasteiger partial charge in [0.05, 0.1) is 0 Å². The maximum Gasteiger partial charge on any atom is 0.251 e. The van der Waals surface area contributed by atoms with E-state index in [1.165, 1.54) is 32.1 Å². The Morgan fingerprint density at radius 2 is 2.05 bits per heavy atom. The molecule has 0 bridgehead atoms.